The van der Waals surface area contributed by atoms with Gasteiger partial charge in [-0.1, -0.05) is 11.6 Å². The lowest BCUT2D eigenvalue weighted by molar-refractivity contribution is 0.596. The average molecular weight is 351 g/mol. The molecule has 8 nitrogen and oxygen atoms in total. The van der Waals surface area contributed by atoms with Crippen molar-refractivity contribution in [3.05, 3.63) is 35.7 Å². The van der Waals surface area contributed by atoms with Gasteiger partial charge in [-0.15, -0.1) is 0 Å². The lowest BCUT2D eigenvalue weighted by atomic mass is 10.3. The van der Waals surface area contributed by atoms with Gasteiger partial charge in [0.15, 0.2) is 5.03 Å². The highest BCUT2D eigenvalue weighted by Gasteiger charge is 2.19. The molecule has 0 aliphatic heterocycles. The molecule has 11 heteroatoms. The Kier molecular flexibility index (Phi) is 3.97. The van der Waals surface area contributed by atoms with Crippen LogP contribution in [0.2, 0.25) is 5.02 Å². The van der Waals surface area contributed by atoms with E-state index in [0.717, 1.165) is 12.1 Å². The van der Waals surface area contributed by atoms with Crippen LogP contribution in [0.5, 0.6) is 0 Å². The maximum atomic E-state index is 12.0. The molecule has 0 saturated heterocycles. The van der Waals surface area contributed by atoms with E-state index in [1.807, 2.05) is 0 Å². The summed E-state index contributed by atoms with van der Waals surface area (Å²) in [4.78, 5) is 3.44. The first kappa shape index (κ1) is 15.8. The lowest BCUT2D eigenvalue weighted by Gasteiger charge is -2.08. The number of nitrogens with zero attached hydrogens (tertiary/aromatic N) is 2. The van der Waals surface area contributed by atoms with Crippen molar-refractivity contribution in [3.8, 4) is 0 Å². The number of hydrogen-bond donors (Lipinski definition) is 2. The van der Waals surface area contributed by atoms with Crippen LogP contribution in [0.15, 0.2) is 40.6 Å². The molecule has 0 bridgehead atoms. The number of sulfonamides is 2. The van der Waals surface area contributed by atoms with Crippen LogP contribution >= 0.6 is 11.6 Å². The molecule has 2 rings (SSSR count). The second kappa shape index (κ2) is 5.30. The predicted octanol–water partition coefficient (Wildman–Crippen LogP) is 0.522. The molecule has 0 unspecified atom stereocenters. The molecule has 3 N–H and O–H groups in total. The molecule has 1 heterocycles. The largest absolute Gasteiger partial charge is 0.339 e. The molecule has 0 saturated carbocycles. The van der Waals surface area contributed by atoms with Crippen LogP contribution < -0.4 is 9.86 Å². The van der Waals surface area contributed by atoms with E-state index in [2.05, 4.69) is 9.71 Å². The van der Waals surface area contributed by atoms with Crippen molar-refractivity contribution in [2.24, 2.45) is 12.2 Å². The fourth-order valence-corrected chi connectivity index (χ4v) is 3.65. The number of nitrogens with two attached hydrogens (primary N) is 1. The summed E-state index contributed by atoms with van der Waals surface area (Å²) in [5.41, 5.74) is 0.0954. The number of benzene rings is 1. The smallest absolute Gasteiger partial charge is 0.280 e. The fraction of sp³-hybridized carbons (Fsp3) is 0.100. The van der Waals surface area contributed by atoms with Crippen molar-refractivity contribution in [3.63, 3.8) is 0 Å². The monoisotopic (exact) mass is 350 g/mol. The molecular weight excluding hydrogens is 340 g/mol. The number of hydrogen-bond acceptors (Lipinski definition) is 5. The van der Waals surface area contributed by atoms with Gasteiger partial charge in [0.25, 0.3) is 10.0 Å². The topological polar surface area (TPSA) is 124 Å². The number of anilines is 1. The quantitative estimate of drug-likeness (QED) is 0.831. The Morgan fingerprint density at radius 3 is 2.43 bits per heavy atom. The van der Waals surface area contributed by atoms with Crippen LogP contribution in [-0.4, -0.2) is 26.4 Å². The second-order valence-electron chi connectivity index (χ2n) is 4.17. The number of aromatic nitrogens is 2. The number of rotatable bonds is 4. The van der Waals surface area contributed by atoms with Crippen LogP contribution in [0.4, 0.5) is 5.69 Å². The summed E-state index contributed by atoms with van der Waals surface area (Å²) >= 11 is 5.78. The van der Waals surface area contributed by atoms with Gasteiger partial charge in [-0.3, -0.25) is 4.72 Å². The first-order valence-electron chi connectivity index (χ1n) is 5.43. The fourth-order valence-electron chi connectivity index (χ4n) is 1.53. The minimum Gasteiger partial charge on any atom is -0.339 e. The summed E-state index contributed by atoms with van der Waals surface area (Å²) in [6.45, 7) is 0. The zero-order valence-corrected chi connectivity index (χ0v) is 13.1. The van der Waals surface area contributed by atoms with E-state index in [9.17, 15) is 16.8 Å². The SMILES string of the molecule is Cn1cnc(S(=O)(=O)Nc2ccc(S(N)(=O)=O)c(Cl)c2)c1. The molecular formula is C10H11ClN4O4S2. The van der Waals surface area contributed by atoms with E-state index >= 15 is 0 Å². The van der Waals surface area contributed by atoms with Gasteiger partial charge in [0.2, 0.25) is 10.0 Å². The lowest BCUT2D eigenvalue weighted by Crippen LogP contribution is -2.15. The van der Waals surface area contributed by atoms with Gasteiger partial charge in [0, 0.05) is 13.2 Å². The highest BCUT2D eigenvalue weighted by molar-refractivity contribution is 7.92. The highest BCUT2D eigenvalue weighted by Crippen LogP contribution is 2.25. The molecule has 114 valence electrons. The van der Waals surface area contributed by atoms with Crippen LogP contribution in [0.25, 0.3) is 0 Å². The molecule has 2 aromatic rings. The Balaban J connectivity index is 2.35. The Morgan fingerprint density at radius 1 is 1.29 bits per heavy atom. The predicted molar refractivity (Wildman–Crippen MR) is 76.8 cm³/mol. The Bertz CT molecular complexity index is 890. The molecule has 0 radical (unpaired) electrons. The third-order valence-electron chi connectivity index (χ3n) is 2.45. The first-order chi connectivity index (χ1) is 9.59. The van der Waals surface area contributed by atoms with Crippen LogP contribution in [-0.2, 0) is 27.1 Å². The Hall–Kier alpha value is -1.62. The normalized spacial score (nSPS) is 12.3. The molecule has 0 aliphatic carbocycles. The van der Waals surface area contributed by atoms with Crippen molar-refractivity contribution < 1.29 is 16.8 Å². The van der Waals surface area contributed by atoms with E-state index in [0.29, 0.717) is 0 Å². The first-order valence-corrected chi connectivity index (χ1v) is 8.83. The van der Waals surface area contributed by atoms with Crippen molar-refractivity contribution in [2.75, 3.05) is 4.72 Å². The molecule has 0 fully saturated rings. The van der Waals surface area contributed by atoms with Gasteiger partial charge in [-0.2, -0.15) is 8.42 Å². The molecule has 0 amide bonds. The average Bonchev–Trinajstić information content (AvgIpc) is 2.74. The maximum Gasteiger partial charge on any atom is 0.280 e. The molecule has 0 atom stereocenters. The standard InChI is InChI=1S/C10H11ClN4O4S2/c1-15-5-10(13-6-15)21(18,19)14-7-2-3-9(8(11)4-7)20(12,16)17/h2-6,14H,1H3,(H2,12,16,17). The van der Waals surface area contributed by atoms with E-state index in [4.69, 9.17) is 16.7 Å². The molecule has 1 aromatic heterocycles. The summed E-state index contributed by atoms with van der Waals surface area (Å²) in [6, 6.07) is 3.52. The molecule has 21 heavy (non-hydrogen) atoms. The zero-order valence-electron chi connectivity index (χ0n) is 10.7. The summed E-state index contributed by atoms with van der Waals surface area (Å²) in [7, 11) is -6.22. The maximum absolute atomic E-state index is 12.0. The summed E-state index contributed by atoms with van der Waals surface area (Å²) in [5.74, 6) is 0. The zero-order chi connectivity index (χ0) is 15.8. The van der Waals surface area contributed by atoms with Crippen molar-refractivity contribution in [2.45, 2.75) is 9.92 Å². The van der Waals surface area contributed by atoms with Crippen LogP contribution in [0, 0.1) is 0 Å². The van der Waals surface area contributed by atoms with Gasteiger partial charge in [-0.05, 0) is 18.2 Å². The van der Waals surface area contributed by atoms with E-state index < -0.39 is 20.0 Å². The van der Waals surface area contributed by atoms with Gasteiger partial charge in [0.1, 0.15) is 4.90 Å². The van der Waals surface area contributed by atoms with Crippen molar-refractivity contribution >= 4 is 37.3 Å². The Labute approximate surface area is 126 Å². The number of aryl methyl sites for hydroxylation is 1. The summed E-state index contributed by atoms with van der Waals surface area (Å²) in [6.07, 6.45) is 2.66. The number of nitrogens with one attached hydrogen (secondary N) is 1. The summed E-state index contributed by atoms with van der Waals surface area (Å²) < 4.78 is 50.2. The molecule has 1 aromatic carbocycles. The highest BCUT2D eigenvalue weighted by atomic mass is 35.5. The number of primary sulfonamides is 1. The minimum atomic E-state index is -3.97. The molecule has 0 spiro atoms. The van der Waals surface area contributed by atoms with Crippen molar-refractivity contribution in [1.82, 2.24) is 9.55 Å². The van der Waals surface area contributed by atoms with Gasteiger partial charge in [-0.25, -0.2) is 18.5 Å². The third-order valence-corrected chi connectivity index (χ3v) is 5.11. The van der Waals surface area contributed by atoms with Crippen molar-refractivity contribution in [1.29, 1.82) is 0 Å². The summed E-state index contributed by atoms with van der Waals surface area (Å²) in [5, 5.41) is 4.61. The third kappa shape index (κ3) is 3.53. The van der Waals surface area contributed by atoms with E-state index in [-0.39, 0.29) is 20.6 Å². The van der Waals surface area contributed by atoms with Gasteiger partial charge >= 0.3 is 0 Å². The number of halogens is 1. The number of imidazole rings is 1. The van der Waals surface area contributed by atoms with Crippen LogP contribution in [0.3, 0.4) is 0 Å². The van der Waals surface area contributed by atoms with E-state index in [1.54, 1.807) is 7.05 Å². The molecule has 0 aliphatic rings. The Morgan fingerprint density at radius 2 is 1.95 bits per heavy atom. The van der Waals surface area contributed by atoms with Gasteiger partial charge < -0.3 is 4.57 Å². The minimum absolute atomic E-state index is 0.0954. The second-order valence-corrected chi connectivity index (χ2v) is 7.74. The van der Waals surface area contributed by atoms with Gasteiger partial charge in [0.05, 0.1) is 17.0 Å². The van der Waals surface area contributed by atoms with E-state index in [1.165, 1.54) is 23.2 Å². The van der Waals surface area contributed by atoms with Crippen LogP contribution in [0.1, 0.15) is 0 Å².